The highest BCUT2D eigenvalue weighted by Gasteiger charge is 2.49. The molecule has 0 spiro atoms. The third kappa shape index (κ3) is 3.68. The summed E-state index contributed by atoms with van der Waals surface area (Å²) in [5.74, 6) is -0.865. The van der Waals surface area contributed by atoms with Crippen LogP contribution in [0.25, 0.3) is 0 Å². The molecule has 0 radical (unpaired) electrons. The molecule has 1 fully saturated rings. The SMILES string of the molecule is CC1(C)CN(C(=O)c2cnc3c(c2)NC(=O)CO3)CC(C(F)(F)F)O1. The molecule has 1 aromatic rings. The summed E-state index contributed by atoms with van der Waals surface area (Å²) in [6.45, 7) is 2.19. The van der Waals surface area contributed by atoms with Gasteiger partial charge in [0.2, 0.25) is 5.88 Å². The van der Waals surface area contributed by atoms with E-state index in [0.717, 1.165) is 4.90 Å². The lowest BCUT2D eigenvalue weighted by atomic mass is 10.0. The molecule has 1 atom stereocenters. The third-order valence-corrected chi connectivity index (χ3v) is 3.78. The normalized spacial score (nSPS) is 22.7. The van der Waals surface area contributed by atoms with E-state index in [1.54, 1.807) is 0 Å². The second-order valence-electron chi connectivity index (χ2n) is 6.51. The summed E-state index contributed by atoms with van der Waals surface area (Å²) in [5.41, 5.74) is -0.877. The monoisotopic (exact) mass is 359 g/mol. The van der Waals surface area contributed by atoms with Crippen molar-refractivity contribution in [3.63, 3.8) is 0 Å². The molecule has 3 heterocycles. The lowest BCUT2D eigenvalue weighted by molar-refractivity contribution is -0.267. The Kier molecular flexibility index (Phi) is 4.10. The van der Waals surface area contributed by atoms with Crippen molar-refractivity contribution < 1.29 is 32.2 Å². The van der Waals surface area contributed by atoms with Crippen LogP contribution in [-0.2, 0) is 9.53 Å². The van der Waals surface area contributed by atoms with Crippen LogP contribution in [-0.4, -0.2) is 59.3 Å². The number of aromatic nitrogens is 1. The number of fused-ring (bicyclic) bond motifs is 1. The Morgan fingerprint density at radius 2 is 2.16 bits per heavy atom. The lowest BCUT2D eigenvalue weighted by Gasteiger charge is -2.43. The number of hydrogen-bond donors (Lipinski definition) is 1. The van der Waals surface area contributed by atoms with Crippen LogP contribution in [0.2, 0.25) is 0 Å². The summed E-state index contributed by atoms with van der Waals surface area (Å²) in [7, 11) is 0. The number of rotatable bonds is 1. The lowest BCUT2D eigenvalue weighted by Crippen LogP contribution is -2.58. The first kappa shape index (κ1) is 17.5. The molecule has 1 saturated heterocycles. The van der Waals surface area contributed by atoms with Gasteiger partial charge in [-0.05, 0) is 19.9 Å². The Labute approximate surface area is 141 Å². The van der Waals surface area contributed by atoms with Crippen LogP contribution in [0.3, 0.4) is 0 Å². The number of anilines is 1. The van der Waals surface area contributed by atoms with Crippen LogP contribution in [0.5, 0.6) is 5.88 Å². The van der Waals surface area contributed by atoms with Gasteiger partial charge in [-0.15, -0.1) is 0 Å². The fourth-order valence-electron chi connectivity index (χ4n) is 2.79. The van der Waals surface area contributed by atoms with Gasteiger partial charge in [0, 0.05) is 12.7 Å². The van der Waals surface area contributed by atoms with Gasteiger partial charge in [0.1, 0.15) is 5.69 Å². The largest absolute Gasteiger partial charge is 0.466 e. The summed E-state index contributed by atoms with van der Waals surface area (Å²) in [5, 5.41) is 2.51. The Hall–Kier alpha value is -2.36. The molecule has 0 aromatic carbocycles. The highest BCUT2D eigenvalue weighted by atomic mass is 19.4. The number of amides is 2. The highest BCUT2D eigenvalue weighted by molar-refractivity contribution is 5.99. The average Bonchev–Trinajstić information content (AvgIpc) is 2.51. The van der Waals surface area contributed by atoms with Crippen molar-refractivity contribution in [3.8, 4) is 5.88 Å². The van der Waals surface area contributed by atoms with Crippen molar-refractivity contribution in [2.45, 2.75) is 31.7 Å². The topological polar surface area (TPSA) is 80.8 Å². The standard InChI is InChI=1S/C15H16F3N3O4/c1-14(2)7-21(5-10(25-14)15(16,17)18)13(23)8-3-9-12(19-4-8)24-6-11(22)20-9/h3-4,10H,5-7H2,1-2H3,(H,20,22). The number of ether oxygens (including phenoxy) is 2. The van der Waals surface area contributed by atoms with E-state index in [9.17, 15) is 22.8 Å². The molecular weight excluding hydrogens is 343 g/mol. The minimum atomic E-state index is -4.58. The van der Waals surface area contributed by atoms with E-state index in [-0.39, 0.29) is 30.3 Å². The zero-order valence-corrected chi connectivity index (χ0v) is 13.5. The molecule has 0 saturated carbocycles. The van der Waals surface area contributed by atoms with Crippen molar-refractivity contribution in [1.82, 2.24) is 9.88 Å². The summed E-state index contributed by atoms with van der Waals surface area (Å²) in [6, 6.07) is 1.34. The van der Waals surface area contributed by atoms with E-state index in [2.05, 4.69) is 10.3 Å². The van der Waals surface area contributed by atoms with Crippen LogP contribution in [0.15, 0.2) is 12.3 Å². The molecule has 0 bridgehead atoms. The number of nitrogens with zero attached hydrogens (tertiary/aromatic N) is 2. The van der Waals surface area contributed by atoms with Crippen molar-refractivity contribution in [1.29, 1.82) is 0 Å². The second kappa shape index (κ2) is 5.87. The van der Waals surface area contributed by atoms with Crippen molar-refractivity contribution in [2.24, 2.45) is 0 Å². The number of hydrogen-bond acceptors (Lipinski definition) is 5. The molecule has 0 aliphatic carbocycles. The number of alkyl halides is 3. The van der Waals surface area contributed by atoms with Crippen LogP contribution >= 0.6 is 0 Å². The van der Waals surface area contributed by atoms with Gasteiger partial charge >= 0.3 is 6.18 Å². The molecule has 2 aliphatic rings. The summed E-state index contributed by atoms with van der Waals surface area (Å²) >= 11 is 0. The number of carbonyl (C=O) groups is 2. The molecule has 7 nitrogen and oxygen atoms in total. The van der Waals surface area contributed by atoms with Gasteiger partial charge in [-0.25, -0.2) is 4.98 Å². The summed E-state index contributed by atoms with van der Waals surface area (Å²) < 4.78 is 49.3. The molecule has 25 heavy (non-hydrogen) atoms. The van der Waals surface area contributed by atoms with Crippen molar-refractivity contribution >= 4 is 17.5 Å². The molecule has 3 rings (SSSR count). The molecule has 136 valence electrons. The van der Waals surface area contributed by atoms with Gasteiger partial charge in [-0.2, -0.15) is 13.2 Å². The van der Waals surface area contributed by atoms with Crippen molar-refractivity contribution in [3.05, 3.63) is 17.8 Å². The zero-order valence-electron chi connectivity index (χ0n) is 13.5. The molecular formula is C15H16F3N3O4. The number of carbonyl (C=O) groups excluding carboxylic acids is 2. The van der Waals surface area contributed by atoms with E-state index in [1.807, 2.05) is 0 Å². The quantitative estimate of drug-likeness (QED) is 0.824. The Morgan fingerprint density at radius 3 is 2.84 bits per heavy atom. The second-order valence-corrected chi connectivity index (χ2v) is 6.51. The van der Waals surface area contributed by atoms with Gasteiger partial charge in [-0.1, -0.05) is 0 Å². The van der Waals surface area contributed by atoms with E-state index in [4.69, 9.17) is 9.47 Å². The third-order valence-electron chi connectivity index (χ3n) is 3.78. The predicted octanol–water partition coefficient (Wildman–Crippen LogP) is 1.59. The fraction of sp³-hybridized carbons (Fsp3) is 0.533. The van der Waals surface area contributed by atoms with Gasteiger partial charge in [0.25, 0.3) is 11.8 Å². The molecule has 2 amide bonds. The summed E-state index contributed by atoms with van der Waals surface area (Å²) in [6.07, 6.45) is -5.43. The Morgan fingerprint density at radius 1 is 1.44 bits per heavy atom. The maximum atomic E-state index is 13.1. The molecule has 2 aliphatic heterocycles. The van der Waals surface area contributed by atoms with Crippen LogP contribution in [0, 0.1) is 0 Å². The minimum Gasteiger partial charge on any atom is -0.466 e. The van der Waals surface area contributed by atoms with E-state index in [0.29, 0.717) is 0 Å². The van der Waals surface area contributed by atoms with Gasteiger partial charge < -0.3 is 19.7 Å². The van der Waals surface area contributed by atoms with Crippen LogP contribution < -0.4 is 10.1 Å². The number of morpholine rings is 1. The molecule has 10 heteroatoms. The maximum Gasteiger partial charge on any atom is 0.416 e. The highest BCUT2D eigenvalue weighted by Crippen LogP contribution is 2.33. The first-order valence-corrected chi connectivity index (χ1v) is 7.52. The molecule has 1 aromatic heterocycles. The number of nitrogens with one attached hydrogen (secondary N) is 1. The van der Waals surface area contributed by atoms with Gasteiger partial charge in [-0.3, -0.25) is 9.59 Å². The molecule has 1 N–H and O–H groups in total. The Balaban J connectivity index is 1.84. The zero-order chi connectivity index (χ0) is 18.4. The minimum absolute atomic E-state index is 0.00163. The van der Waals surface area contributed by atoms with Gasteiger partial charge in [0.05, 0.1) is 17.7 Å². The first-order valence-electron chi connectivity index (χ1n) is 7.52. The smallest absolute Gasteiger partial charge is 0.416 e. The first-order chi connectivity index (χ1) is 11.5. The van der Waals surface area contributed by atoms with E-state index in [1.165, 1.54) is 26.1 Å². The fourth-order valence-corrected chi connectivity index (χ4v) is 2.79. The summed E-state index contributed by atoms with van der Waals surface area (Å²) in [4.78, 5) is 29.0. The van der Waals surface area contributed by atoms with E-state index >= 15 is 0 Å². The molecule has 1 unspecified atom stereocenters. The Bertz CT molecular complexity index is 720. The van der Waals surface area contributed by atoms with Crippen LogP contribution in [0.1, 0.15) is 24.2 Å². The predicted molar refractivity (Wildman–Crippen MR) is 79.3 cm³/mol. The maximum absolute atomic E-state index is 13.1. The van der Waals surface area contributed by atoms with Gasteiger partial charge in [0.15, 0.2) is 12.7 Å². The van der Waals surface area contributed by atoms with E-state index < -0.39 is 36.2 Å². The van der Waals surface area contributed by atoms with Crippen molar-refractivity contribution in [2.75, 3.05) is 25.0 Å². The number of halogens is 3. The van der Waals surface area contributed by atoms with Crippen LogP contribution in [0.4, 0.5) is 18.9 Å². The number of pyridine rings is 1. The average molecular weight is 359 g/mol.